The second kappa shape index (κ2) is 9.14. The molecule has 3 aromatic rings. The van der Waals surface area contributed by atoms with Crippen LogP contribution in [0.1, 0.15) is 12.5 Å². The first-order chi connectivity index (χ1) is 15.8. The van der Waals surface area contributed by atoms with Crippen LogP contribution in [0.3, 0.4) is 0 Å². The van der Waals surface area contributed by atoms with Crippen molar-refractivity contribution in [3.8, 4) is 5.75 Å². The fourth-order valence-electron chi connectivity index (χ4n) is 3.60. The number of nitro groups is 1. The van der Waals surface area contributed by atoms with Gasteiger partial charge in [-0.25, -0.2) is 8.42 Å². The number of hydrazone groups is 1. The summed E-state index contributed by atoms with van der Waals surface area (Å²) < 4.78 is 32.1. The molecule has 0 aromatic heterocycles. The molecule has 1 heterocycles. The first-order valence-electron chi connectivity index (χ1n) is 10.2. The number of hydrogen-bond donors (Lipinski definition) is 2. The van der Waals surface area contributed by atoms with Gasteiger partial charge in [-0.2, -0.15) is 9.41 Å². The number of morpholine rings is 1. The van der Waals surface area contributed by atoms with Crippen LogP contribution >= 0.6 is 0 Å². The van der Waals surface area contributed by atoms with Crippen molar-refractivity contribution in [2.45, 2.75) is 11.8 Å². The SMILES string of the molecule is C/C(=N\Nc1ccc(S(=O)(=O)N2CCOCC2)cc1[N+](=O)[O-])c1ccc2ccccc2c1O. The number of phenolic OH excluding ortho intramolecular Hbond substituents is 1. The second-order valence-electron chi connectivity index (χ2n) is 7.44. The number of phenols is 1. The number of nitrogens with zero attached hydrogens (tertiary/aromatic N) is 3. The summed E-state index contributed by atoms with van der Waals surface area (Å²) in [5.41, 5.74) is 3.10. The van der Waals surface area contributed by atoms with Gasteiger partial charge in [-0.1, -0.05) is 30.3 Å². The molecular weight excluding hydrogens is 448 g/mol. The molecule has 11 heteroatoms. The second-order valence-corrected chi connectivity index (χ2v) is 9.38. The number of rotatable bonds is 6. The van der Waals surface area contributed by atoms with Crippen LogP contribution in [0.2, 0.25) is 0 Å². The van der Waals surface area contributed by atoms with Crippen LogP contribution in [0.15, 0.2) is 64.6 Å². The topological polar surface area (TPSA) is 134 Å². The average molecular weight is 471 g/mol. The molecule has 172 valence electrons. The Bertz CT molecular complexity index is 1350. The number of anilines is 1. The summed E-state index contributed by atoms with van der Waals surface area (Å²) in [4.78, 5) is 10.8. The molecule has 10 nitrogen and oxygen atoms in total. The summed E-state index contributed by atoms with van der Waals surface area (Å²) in [7, 11) is -3.88. The minimum absolute atomic E-state index is 0.0283. The Morgan fingerprint density at radius 1 is 1.15 bits per heavy atom. The Hall–Kier alpha value is -3.54. The van der Waals surface area contributed by atoms with Crippen LogP contribution < -0.4 is 5.43 Å². The van der Waals surface area contributed by atoms with Crippen molar-refractivity contribution in [2.75, 3.05) is 31.7 Å². The van der Waals surface area contributed by atoms with Gasteiger partial charge < -0.3 is 9.84 Å². The highest BCUT2D eigenvalue weighted by Crippen LogP contribution is 2.31. The summed E-state index contributed by atoms with van der Waals surface area (Å²) in [5, 5.41) is 28.0. The minimum atomic E-state index is -3.88. The molecule has 0 spiro atoms. The van der Waals surface area contributed by atoms with E-state index in [2.05, 4.69) is 10.5 Å². The van der Waals surface area contributed by atoms with E-state index in [1.807, 2.05) is 24.3 Å². The lowest BCUT2D eigenvalue weighted by Gasteiger charge is -2.26. The molecule has 1 aliphatic heterocycles. The number of aromatic hydroxyl groups is 1. The lowest BCUT2D eigenvalue weighted by atomic mass is 10.0. The Kier molecular flexibility index (Phi) is 6.27. The quantitative estimate of drug-likeness (QED) is 0.321. The molecule has 0 bridgehead atoms. The van der Waals surface area contributed by atoms with Crippen molar-refractivity contribution >= 4 is 37.9 Å². The molecule has 0 atom stereocenters. The predicted octanol–water partition coefficient (Wildman–Crippen LogP) is 3.31. The molecule has 33 heavy (non-hydrogen) atoms. The molecule has 1 fully saturated rings. The summed E-state index contributed by atoms with van der Waals surface area (Å²) in [6, 6.07) is 14.5. The third-order valence-corrected chi connectivity index (χ3v) is 7.30. The average Bonchev–Trinajstić information content (AvgIpc) is 2.83. The van der Waals surface area contributed by atoms with Crippen molar-refractivity contribution < 1.29 is 23.2 Å². The molecule has 4 rings (SSSR count). The summed E-state index contributed by atoms with van der Waals surface area (Å²) in [5.74, 6) is 0.0533. The molecule has 0 saturated carbocycles. The van der Waals surface area contributed by atoms with Crippen molar-refractivity contribution in [1.82, 2.24) is 4.31 Å². The number of fused-ring (bicyclic) bond motifs is 1. The number of nitrogens with one attached hydrogen (secondary N) is 1. The van der Waals surface area contributed by atoms with Crippen molar-refractivity contribution in [2.24, 2.45) is 5.10 Å². The lowest BCUT2D eigenvalue weighted by Crippen LogP contribution is -2.40. The first-order valence-corrected chi connectivity index (χ1v) is 11.6. The number of hydrogen-bond acceptors (Lipinski definition) is 8. The smallest absolute Gasteiger partial charge is 0.295 e. The van der Waals surface area contributed by atoms with Gasteiger partial charge in [0.2, 0.25) is 10.0 Å². The molecule has 0 unspecified atom stereocenters. The number of nitro benzene ring substituents is 1. The van der Waals surface area contributed by atoms with Gasteiger partial charge in [0, 0.05) is 30.1 Å². The maximum Gasteiger partial charge on any atom is 0.295 e. The van der Waals surface area contributed by atoms with Gasteiger partial charge in [0.15, 0.2) is 0 Å². The molecule has 1 saturated heterocycles. The van der Waals surface area contributed by atoms with E-state index in [1.54, 1.807) is 19.1 Å². The van der Waals surface area contributed by atoms with E-state index in [0.29, 0.717) is 16.7 Å². The summed E-state index contributed by atoms with van der Waals surface area (Å²) >= 11 is 0. The van der Waals surface area contributed by atoms with Crippen LogP contribution in [0.25, 0.3) is 10.8 Å². The number of benzene rings is 3. The van der Waals surface area contributed by atoms with Gasteiger partial charge in [-0.05, 0) is 30.5 Å². The Labute approximate surface area is 190 Å². The maximum atomic E-state index is 12.8. The Balaban J connectivity index is 1.64. The van der Waals surface area contributed by atoms with E-state index in [9.17, 15) is 23.6 Å². The molecule has 0 aliphatic carbocycles. The fourth-order valence-corrected chi connectivity index (χ4v) is 5.03. The van der Waals surface area contributed by atoms with Gasteiger partial charge in [0.05, 0.1) is 28.7 Å². The van der Waals surface area contributed by atoms with E-state index in [-0.39, 0.29) is 42.6 Å². The Morgan fingerprint density at radius 3 is 2.61 bits per heavy atom. The molecule has 3 aromatic carbocycles. The van der Waals surface area contributed by atoms with Crippen LogP contribution in [0.5, 0.6) is 5.75 Å². The zero-order chi connectivity index (χ0) is 23.6. The van der Waals surface area contributed by atoms with Gasteiger partial charge in [-0.3, -0.25) is 15.5 Å². The van der Waals surface area contributed by atoms with E-state index in [1.165, 1.54) is 16.4 Å². The third-order valence-electron chi connectivity index (χ3n) is 5.41. The van der Waals surface area contributed by atoms with Crippen LogP contribution in [0.4, 0.5) is 11.4 Å². The van der Waals surface area contributed by atoms with Crippen molar-refractivity contribution in [1.29, 1.82) is 0 Å². The standard InChI is InChI=1S/C22H22N4O6S/c1-15(18-8-6-16-4-2-3-5-19(16)22(18)27)23-24-20-9-7-17(14-21(20)26(28)29)33(30,31)25-10-12-32-13-11-25/h2-9,14,24,27H,10-13H2,1H3/b23-15+. The van der Waals surface area contributed by atoms with Crippen LogP contribution in [-0.4, -0.2) is 54.8 Å². The largest absolute Gasteiger partial charge is 0.507 e. The van der Waals surface area contributed by atoms with Gasteiger partial charge in [-0.15, -0.1) is 0 Å². The predicted molar refractivity (Wildman–Crippen MR) is 124 cm³/mol. The molecular formula is C22H22N4O6S. The lowest BCUT2D eigenvalue weighted by molar-refractivity contribution is -0.384. The summed E-state index contributed by atoms with van der Waals surface area (Å²) in [6.45, 7) is 2.58. The van der Waals surface area contributed by atoms with E-state index in [4.69, 9.17) is 4.74 Å². The van der Waals surface area contributed by atoms with Gasteiger partial charge >= 0.3 is 0 Å². The third kappa shape index (κ3) is 4.51. The molecule has 0 amide bonds. The minimum Gasteiger partial charge on any atom is -0.507 e. The van der Waals surface area contributed by atoms with Crippen molar-refractivity contribution in [3.63, 3.8) is 0 Å². The molecule has 1 aliphatic rings. The van der Waals surface area contributed by atoms with Gasteiger partial charge in [0.1, 0.15) is 11.4 Å². The van der Waals surface area contributed by atoms with Crippen LogP contribution in [-0.2, 0) is 14.8 Å². The molecule has 0 radical (unpaired) electrons. The van der Waals surface area contributed by atoms with E-state index < -0.39 is 20.6 Å². The summed E-state index contributed by atoms with van der Waals surface area (Å²) in [6.07, 6.45) is 0. The molecule has 2 N–H and O–H groups in total. The number of ether oxygens (including phenoxy) is 1. The van der Waals surface area contributed by atoms with Gasteiger partial charge in [0.25, 0.3) is 5.69 Å². The van der Waals surface area contributed by atoms with E-state index >= 15 is 0 Å². The van der Waals surface area contributed by atoms with E-state index in [0.717, 1.165) is 11.5 Å². The normalized spacial score (nSPS) is 15.5. The highest BCUT2D eigenvalue weighted by Gasteiger charge is 2.29. The van der Waals surface area contributed by atoms with Crippen molar-refractivity contribution in [3.05, 3.63) is 70.3 Å². The highest BCUT2D eigenvalue weighted by atomic mass is 32.2. The first kappa shape index (κ1) is 22.6. The Morgan fingerprint density at radius 2 is 1.88 bits per heavy atom. The monoisotopic (exact) mass is 470 g/mol. The highest BCUT2D eigenvalue weighted by molar-refractivity contribution is 7.89. The fraction of sp³-hybridized carbons (Fsp3) is 0.227. The number of sulfonamides is 1. The zero-order valence-corrected chi connectivity index (χ0v) is 18.6. The van der Waals surface area contributed by atoms with Crippen LogP contribution in [0, 0.1) is 10.1 Å². The zero-order valence-electron chi connectivity index (χ0n) is 17.8. The maximum absolute atomic E-state index is 12.8.